The van der Waals surface area contributed by atoms with Crippen molar-refractivity contribution in [2.75, 3.05) is 19.5 Å². The van der Waals surface area contributed by atoms with Crippen LogP contribution in [0.2, 0.25) is 0 Å². The number of nitrogens with one attached hydrogen (secondary N) is 1. The fraction of sp³-hybridized carbons (Fsp3) is 0.235. The van der Waals surface area contributed by atoms with Crippen LogP contribution in [0.15, 0.2) is 30.5 Å². The van der Waals surface area contributed by atoms with Gasteiger partial charge in [-0.2, -0.15) is 5.10 Å². The summed E-state index contributed by atoms with van der Waals surface area (Å²) in [6, 6.07) is 6.87. The summed E-state index contributed by atoms with van der Waals surface area (Å²) in [5.41, 5.74) is 2.72. The molecule has 2 aromatic heterocycles. The van der Waals surface area contributed by atoms with E-state index in [1.165, 1.54) is 7.11 Å². The van der Waals surface area contributed by atoms with Gasteiger partial charge in [-0.05, 0) is 31.2 Å². The molecule has 0 saturated carbocycles. The summed E-state index contributed by atoms with van der Waals surface area (Å²) in [4.78, 5) is 16.8. The Morgan fingerprint density at radius 1 is 1.17 bits per heavy atom. The number of carbonyl (C=O) groups is 1. The Morgan fingerprint density at radius 2 is 1.92 bits per heavy atom. The first-order valence-electron chi connectivity index (χ1n) is 7.36. The van der Waals surface area contributed by atoms with Gasteiger partial charge in [0.15, 0.2) is 17.1 Å². The SMILES string of the molecule is COc1ccc(C(=O)Nc2cnc3c(c2)c(C)nn3C)cc1OC. The normalized spacial score (nSPS) is 10.7. The molecule has 2 heterocycles. The molecule has 0 saturated heterocycles. The lowest BCUT2D eigenvalue weighted by atomic mass is 10.2. The maximum Gasteiger partial charge on any atom is 0.255 e. The number of aromatic nitrogens is 3. The van der Waals surface area contributed by atoms with E-state index in [0.717, 1.165) is 16.7 Å². The van der Waals surface area contributed by atoms with E-state index in [-0.39, 0.29) is 5.91 Å². The number of hydrogen-bond acceptors (Lipinski definition) is 5. The van der Waals surface area contributed by atoms with Crippen molar-refractivity contribution in [2.24, 2.45) is 7.05 Å². The van der Waals surface area contributed by atoms with Crippen molar-refractivity contribution in [3.05, 3.63) is 41.7 Å². The van der Waals surface area contributed by atoms with Crippen LogP contribution in [0.1, 0.15) is 16.1 Å². The Kier molecular flexibility index (Phi) is 4.07. The van der Waals surface area contributed by atoms with Crippen LogP contribution in [0.4, 0.5) is 5.69 Å². The highest BCUT2D eigenvalue weighted by molar-refractivity contribution is 6.05. The van der Waals surface area contributed by atoms with Crippen LogP contribution in [0.3, 0.4) is 0 Å². The minimum Gasteiger partial charge on any atom is -0.493 e. The molecule has 7 heteroatoms. The summed E-state index contributed by atoms with van der Waals surface area (Å²) >= 11 is 0. The molecule has 0 atom stereocenters. The van der Waals surface area contributed by atoms with Gasteiger partial charge < -0.3 is 14.8 Å². The first-order valence-corrected chi connectivity index (χ1v) is 7.36. The van der Waals surface area contributed by atoms with Gasteiger partial charge in [0.2, 0.25) is 0 Å². The second-order valence-corrected chi connectivity index (χ2v) is 5.33. The number of hydrogen-bond donors (Lipinski definition) is 1. The molecule has 1 N–H and O–H groups in total. The van der Waals surface area contributed by atoms with Crippen LogP contribution in [0.5, 0.6) is 11.5 Å². The summed E-state index contributed by atoms with van der Waals surface area (Å²) in [6.07, 6.45) is 1.61. The average molecular weight is 326 g/mol. The van der Waals surface area contributed by atoms with Crippen molar-refractivity contribution < 1.29 is 14.3 Å². The van der Waals surface area contributed by atoms with Gasteiger partial charge in [0.05, 0.1) is 31.8 Å². The van der Waals surface area contributed by atoms with E-state index in [1.807, 2.05) is 20.0 Å². The van der Waals surface area contributed by atoms with Crippen molar-refractivity contribution in [2.45, 2.75) is 6.92 Å². The number of methoxy groups -OCH3 is 2. The number of amides is 1. The van der Waals surface area contributed by atoms with Crippen molar-refractivity contribution in [3.8, 4) is 11.5 Å². The number of carbonyl (C=O) groups excluding carboxylic acids is 1. The molecule has 24 heavy (non-hydrogen) atoms. The van der Waals surface area contributed by atoms with E-state index in [0.29, 0.717) is 22.7 Å². The molecule has 3 rings (SSSR count). The zero-order valence-electron chi connectivity index (χ0n) is 14.0. The number of anilines is 1. The third-order valence-corrected chi connectivity index (χ3v) is 3.77. The molecule has 0 aliphatic rings. The van der Waals surface area contributed by atoms with Crippen LogP contribution in [-0.4, -0.2) is 34.9 Å². The van der Waals surface area contributed by atoms with Crippen LogP contribution >= 0.6 is 0 Å². The lowest BCUT2D eigenvalue weighted by molar-refractivity contribution is 0.102. The van der Waals surface area contributed by atoms with Gasteiger partial charge in [-0.25, -0.2) is 4.98 Å². The van der Waals surface area contributed by atoms with Gasteiger partial charge in [-0.3, -0.25) is 9.48 Å². The molecule has 0 unspecified atom stereocenters. The van der Waals surface area contributed by atoms with Crippen LogP contribution in [0.25, 0.3) is 11.0 Å². The second kappa shape index (κ2) is 6.19. The predicted octanol–water partition coefficient (Wildman–Crippen LogP) is 2.55. The maximum atomic E-state index is 12.5. The summed E-state index contributed by atoms with van der Waals surface area (Å²) < 4.78 is 12.1. The standard InChI is InChI=1S/C17H18N4O3/c1-10-13-8-12(9-18-16(13)21(2)20-10)19-17(22)11-5-6-14(23-3)15(7-11)24-4/h5-9H,1-4H3,(H,19,22). The van der Waals surface area contributed by atoms with Crippen LogP contribution in [0, 0.1) is 6.92 Å². The summed E-state index contributed by atoms with van der Waals surface area (Å²) in [5, 5.41) is 8.07. The van der Waals surface area contributed by atoms with E-state index < -0.39 is 0 Å². The summed E-state index contributed by atoms with van der Waals surface area (Å²) in [5.74, 6) is 0.823. The minimum atomic E-state index is -0.251. The van der Waals surface area contributed by atoms with Crippen LogP contribution < -0.4 is 14.8 Å². The van der Waals surface area contributed by atoms with Gasteiger partial charge in [-0.15, -0.1) is 0 Å². The minimum absolute atomic E-state index is 0.251. The van der Waals surface area contributed by atoms with E-state index in [2.05, 4.69) is 15.4 Å². The smallest absolute Gasteiger partial charge is 0.255 e. The third-order valence-electron chi connectivity index (χ3n) is 3.77. The van der Waals surface area contributed by atoms with Gasteiger partial charge in [0, 0.05) is 18.0 Å². The Labute approximate surface area is 139 Å². The molecule has 7 nitrogen and oxygen atoms in total. The Bertz CT molecular complexity index is 918. The van der Waals surface area contributed by atoms with Gasteiger partial charge in [0.1, 0.15) is 0 Å². The van der Waals surface area contributed by atoms with E-state index in [9.17, 15) is 4.79 Å². The number of pyridine rings is 1. The van der Waals surface area contributed by atoms with E-state index in [1.54, 1.807) is 36.2 Å². The number of rotatable bonds is 4. The van der Waals surface area contributed by atoms with Crippen molar-refractivity contribution >= 4 is 22.6 Å². The number of aryl methyl sites for hydroxylation is 2. The van der Waals surface area contributed by atoms with Crippen molar-refractivity contribution in [3.63, 3.8) is 0 Å². The average Bonchev–Trinajstić information content (AvgIpc) is 2.88. The summed E-state index contributed by atoms with van der Waals surface area (Å²) in [7, 11) is 4.92. The molecule has 1 amide bonds. The molecule has 1 aromatic carbocycles. The summed E-state index contributed by atoms with van der Waals surface area (Å²) in [6.45, 7) is 1.91. The highest BCUT2D eigenvalue weighted by Gasteiger charge is 2.13. The topological polar surface area (TPSA) is 78.3 Å². The molecular formula is C17H18N4O3. The highest BCUT2D eigenvalue weighted by atomic mass is 16.5. The molecule has 0 aliphatic heterocycles. The third kappa shape index (κ3) is 2.76. The fourth-order valence-corrected chi connectivity index (χ4v) is 2.56. The van der Waals surface area contributed by atoms with Crippen molar-refractivity contribution in [1.29, 1.82) is 0 Å². The number of nitrogens with zero attached hydrogens (tertiary/aromatic N) is 3. The van der Waals surface area contributed by atoms with E-state index in [4.69, 9.17) is 9.47 Å². The molecular weight excluding hydrogens is 308 g/mol. The highest BCUT2D eigenvalue weighted by Crippen LogP contribution is 2.28. The van der Waals surface area contributed by atoms with Gasteiger partial charge in [0.25, 0.3) is 5.91 Å². The Morgan fingerprint density at radius 3 is 2.62 bits per heavy atom. The largest absolute Gasteiger partial charge is 0.493 e. The zero-order valence-corrected chi connectivity index (χ0v) is 14.0. The maximum absolute atomic E-state index is 12.5. The van der Waals surface area contributed by atoms with Gasteiger partial charge >= 0.3 is 0 Å². The van der Waals surface area contributed by atoms with Gasteiger partial charge in [-0.1, -0.05) is 0 Å². The van der Waals surface area contributed by atoms with Crippen LogP contribution in [-0.2, 0) is 7.05 Å². The molecule has 0 fully saturated rings. The molecule has 0 aliphatic carbocycles. The Hall–Kier alpha value is -3.09. The zero-order chi connectivity index (χ0) is 17.3. The lowest BCUT2D eigenvalue weighted by Crippen LogP contribution is -2.12. The monoisotopic (exact) mass is 326 g/mol. The second-order valence-electron chi connectivity index (χ2n) is 5.33. The quantitative estimate of drug-likeness (QED) is 0.797. The van der Waals surface area contributed by atoms with Crippen molar-refractivity contribution in [1.82, 2.24) is 14.8 Å². The molecule has 0 radical (unpaired) electrons. The Balaban J connectivity index is 1.88. The molecule has 124 valence electrons. The predicted molar refractivity (Wildman–Crippen MR) is 90.7 cm³/mol. The molecule has 3 aromatic rings. The number of fused-ring (bicyclic) bond motifs is 1. The number of benzene rings is 1. The first kappa shape index (κ1) is 15.8. The van der Waals surface area contributed by atoms with E-state index >= 15 is 0 Å². The lowest BCUT2D eigenvalue weighted by Gasteiger charge is -2.10. The molecule has 0 bridgehead atoms. The first-order chi connectivity index (χ1) is 11.5. The molecule has 0 spiro atoms. The number of ether oxygens (including phenoxy) is 2. The fourth-order valence-electron chi connectivity index (χ4n) is 2.56.